The number of H-pyrrole nitrogens is 1. The van der Waals surface area contributed by atoms with Gasteiger partial charge >= 0.3 is 0 Å². The predicted molar refractivity (Wildman–Crippen MR) is 151 cm³/mol. The number of benzene rings is 2. The number of nitrogens with one attached hydrogen (secondary N) is 2. The van der Waals surface area contributed by atoms with E-state index in [4.69, 9.17) is 0 Å². The molecule has 1 fully saturated rings. The van der Waals surface area contributed by atoms with Crippen molar-refractivity contribution in [1.82, 2.24) is 20.2 Å². The van der Waals surface area contributed by atoms with Crippen LogP contribution in [0.4, 0.5) is 11.4 Å². The Morgan fingerprint density at radius 3 is 2.54 bits per heavy atom. The number of piperidine rings is 1. The molecule has 1 aliphatic rings. The number of pyridine rings is 2. The third kappa shape index (κ3) is 5.19. The fourth-order valence-electron chi connectivity index (χ4n) is 5.27. The normalized spacial score (nSPS) is 14.6. The molecule has 6 nitrogen and oxygen atoms in total. The molecule has 0 spiro atoms. The lowest BCUT2D eigenvalue weighted by molar-refractivity contribution is 0.577. The molecule has 2 N–H and O–H groups in total. The first-order chi connectivity index (χ1) is 18.2. The highest BCUT2D eigenvalue weighted by Crippen LogP contribution is 2.31. The van der Waals surface area contributed by atoms with Gasteiger partial charge in [0.1, 0.15) is 0 Å². The summed E-state index contributed by atoms with van der Waals surface area (Å²) in [5, 5.41) is 12.6. The molecule has 0 radical (unpaired) electrons. The van der Waals surface area contributed by atoms with Crippen LogP contribution in [0.3, 0.4) is 0 Å². The number of fused-ring (bicyclic) bond motifs is 1. The van der Waals surface area contributed by atoms with Crippen LogP contribution in [0.2, 0.25) is 0 Å². The predicted octanol–water partition coefficient (Wildman–Crippen LogP) is 6.77. The van der Waals surface area contributed by atoms with Gasteiger partial charge < -0.3 is 10.2 Å². The zero-order valence-corrected chi connectivity index (χ0v) is 21.2. The monoisotopic (exact) mass is 488 g/mol. The first-order valence-electron chi connectivity index (χ1n) is 13.2. The molecule has 0 aliphatic carbocycles. The fourth-order valence-corrected chi connectivity index (χ4v) is 5.27. The molecular weight excluding hydrogens is 456 g/mol. The van der Waals surface area contributed by atoms with Crippen LogP contribution in [-0.2, 0) is 6.42 Å². The Labute approximate surface area is 217 Å². The lowest BCUT2D eigenvalue weighted by atomic mass is 10.0. The van der Waals surface area contributed by atoms with Gasteiger partial charge in [-0.05, 0) is 73.6 Å². The van der Waals surface area contributed by atoms with E-state index in [-0.39, 0.29) is 6.04 Å². The van der Waals surface area contributed by atoms with E-state index >= 15 is 0 Å². The molecule has 6 rings (SSSR count). The van der Waals surface area contributed by atoms with Crippen LogP contribution in [0.25, 0.3) is 22.0 Å². The highest BCUT2D eigenvalue weighted by Gasteiger charge is 2.16. The van der Waals surface area contributed by atoms with E-state index in [0.717, 1.165) is 52.9 Å². The van der Waals surface area contributed by atoms with Gasteiger partial charge in [-0.25, -0.2) is 0 Å². The van der Waals surface area contributed by atoms with Gasteiger partial charge in [0.25, 0.3) is 0 Å². The molecule has 0 bridgehead atoms. The van der Waals surface area contributed by atoms with Crippen LogP contribution in [0, 0.1) is 0 Å². The summed E-state index contributed by atoms with van der Waals surface area (Å²) >= 11 is 0. The lowest BCUT2D eigenvalue weighted by Crippen LogP contribution is -2.29. The quantitative estimate of drug-likeness (QED) is 0.264. The highest BCUT2D eigenvalue weighted by atomic mass is 15.1. The van der Waals surface area contributed by atoms with Crippen LogP contribution in [0.15, 0.2) is 85.5 Å². The minimum absolute atomic E-state index is 0.0341. The molecule has 1 unspecified atom stereocenters. The molecule has 4 heterocycles. The minimum Gasteiger partial charge on any atom is -0.376 e. The first-order valence-corrected chi connectivity index (χ1v) is 13.2. The van der Waals surface area contributed by atoms with Crippen molar-refractivity contribution >= 4 is 22.3 Å². The van der Waals surface area contributed by atoms with E-state index in [2.05, 4.69) is 91.9 Å². The van der Waals surface area contributed by atoms with E-state index in [1.807, 2.05) is 30.9 Å². The summed E-state index contributed by atoms with van der Waals surface area (Å²) in [4.78, 5) is 11.5. The van der Waals surface area contributed by atoms with Crippen molar-refractivity contribution in [1.29, 1.82) is 0 Å². The standard InChI is InChI=1S/C31H32N6/c1-22(34-27-15-24(18-32-20-27)14-23-8-4-2-5-9-23)31-29-17-25(10-11-30(29)35-36-31)26-16-28(21-33-19-26)37-12-6-3-7-13-37/h2,4-5,8-11,15-22,34H,3,6-7,12-14H2,1H3,(H,35,36). The average molecular weight is 489 g/mol. The van der Waals surface area contributed by atoms with Crippen molar-refractivity contribution in [2.45, 2.75) is 38.6 Å². The van der Waals surface area contributed by atoms with Crippen LogP contribution >= 0.6 is 0 Å². The number of aromatic nitrogens is 4. The van der Waals surface area contributed by atoms with Gasteiger partial charge in [0, 0.05) is 42.6 Å². The van der Waals surface area contributed by atoms with Crippen molar-refractivity contribution in [2.75, 3.05) is 23.3 Å². The van der Waals surface area contributed by atoms with Crippen molar-refractivity contribution in [3.05, 3.63) is 102 Å². The van der Waals surface area contributed by atoms with Crippen molar-refractivity contribution in [2.24, 2.45) is 0 Å². The summed E-state index contributed by atoms with van der Waals surface area (Å²) in [6, 6.07) is 21.4. The summed E-state index contributed by atoms with van der Waals surface area (Å²) in [6.07, 6.45) is 12.5. The van der Waals surface area contributed by atoms with Crippen LogP contribution in [0.1, 0.15) is 49.0 Å². The molecule has 3 aromatic heterocycles. The van der Waals surface area contributed by atoms with Gasteiger partial charge in [-0.15, -0.1) is 0 Å². The average Bonchev–Trinajstić information content (AvgIpc) is 3.38. The second kappa shape index (κ2) is 10.4. The van der Waals surface area contributed by atoms with Crippen LogP contribution in [-0.4, -0.2) is 33.3 Å². The maximum atomic E-state index is 4.58. The number of hydrogen-bond donors (Lipinski definition) is 2. The second-order valence-electron chi connectivity index (χ2n) is 9.96. The van der Waals surface area contributed by atoms with Gasteiger partial charge in [0.15, 0.2) is 0 Å². The second-order valence-corrected chi connectivity index (χ2v) is 9.96. The van der Waals surface area contributed by atoms with Crippen molar-refractivity contribution in [3.63, 3.8) is 0 Å². The molecule has 1 atom stereocenters. The molecule has 6 heteroatoms. The molecule has 2 aromatic carbocycles. The molecule has 0 amide bonds. The number of hydrogen-bond acceptors (Lipinski definition) is 5. The van der Waals surface area contributed by atoms with Gasteiger partial charge in [-0.2, -0.15) is 5.10 Å². The third-order valence-corrected chi connectivity index (χ3v) is 7.22. The maximum absolute atomic E-state index is 4.58. The topological polar surface area (TPSA) is 69.7 Å². The fraction of sp³-hybridized carbons (Fsp3) is 0.258. The summed E-state index contributed by atoms with van der Waals surface area (Å²) in [6.45, 7) is 4.38. The minimum atomic E-state index is 0.0341. The summed E-state index contributed by atoms with van der Waals surface area (Å²) in [5.41, 5.74) is 8.98. The van der Waals surface area contributed by atoms with E-state index in [9.17, 15) is 0 Å². The molecular formula is C31H32N6. The number of rotatable bonds is 7. The van der Waals surface area contributed by atoms with Gasteiger partial charge in [0.05, 0.1) is 34.8 Å². The van der Waals surface area contributed by atoms with E-state index < -0.39 is 0 Å². The van der Waals surface area contributed by atoms with Crippen molar-refractivity contribution < 1.29 is 0 Å². The Balaban J connectivity index is 1.23. The zero-order valence-electron chi connectivity index (χ0n) is 21.2. The first kappa shape index (κ1) is 23.2. The number of anilines is 2. The number of aromatic amines is 1. The van der Waals surface area contributed by atoms with E-state index in [1.54, 1.807) is 0 Å². The largest absolute Gasteiger partial charge is 0.376 e. The molecule has 186 valence electrons. The zero-order chi connectivity index (χ0) is 25.0. The summed E-state index contributed by atoms with van der Waals surface area (Å²) in [5.74, 6) is 0. The molecule has 5 aromatic rings. The van der Waals surface area contributed by atoms with Crippen LogP contribution < -0.4 is 10.2 Å². The Kier molecular flexibility index (Phi) is 6.55. The third-order valence-electron chi connectivity index (χ3n) is 7.22. The molecule has 0 saturated carbocycles. The van der Waals surface area contributed by atoms with Crippen molar-refractivity contribution in [3.8, 4) is 11.1 Å². The molecule has 37 heavy (non-hydrogen) atoms. The van der Waals surface area contributed by atoms with Gasteiger partial charge in [-0.1, -0.05) is 36.4 Å². The summed E-state index contributed by atoms with van der Waals surface area (Å²) in [7, 11) is 0. The van der Waals surface area contributed by atoms with Gasteiger partial charge in [0.2, 0.25) is 0 Å². The SMILES string of the molecule is CC(Nc1cncc(Cc2ccccc2)c1)c1[nH]nc2ccc(-c3cncc(N4CCCCC4)c3)cc12. The van der Waals surface area contributed by atoms with Crippen LogP contribution in [0.5, 0.6) is 0 Å². The lowest BCUT2D eigenvalue weighted by Gasteiger charge is -2.28. The van der Waals surface area contributed by atoms with Gasteiger partial charge in [-0.3, -0.25) is 15.1 Å². The maximum Gasteiger partial charge on any atom is 0.0924 e. The Morgan fingerprint density at radius 2 is 1.68 bits per heavy atom. The Morgan fingerprint density at radius 1 is 0.838 bits per heavy atom. The smallest absolute Gasteiger partial charge is 0.0924 e. The summed E-state index contributed by atoms with van der Waals surface area (Å²) < 4.78 is 0. The molecule has 1 saturated heterocycles. The molecule has 1 aliphatic heterocycles. The van der Waals surface area contributed by atoms with E-state index in [0.29, 0.717) is 0 Å². The number of nitrogens with zero attached hydrogens (tertiary/aromatic N) is 4. The Hall–Kier alpha value is -4.19. The van der Waals surface area contributed by atoms with E-state index in [1.165, 1.54) is 36.1 Å². The highest BCUT2D eigenvalue weighted by molar-refractivity contribution is 5.87. The Bertz CT molecular complexity index is 1490.